The highest BCUT2D eigenvalue weighted by atomic mass is 32.2. The van der Waals surface area contributed by atoms with Crippen LogP contribution in [0, 0.1) is 5.82 Å². The van der Waals surface area contributed by atoms with Gasteiger partial charge in [-0.15, -0.1) is 0 Å². The van der Waals surface area contributed by atoms with Gasteiger partial charge in [0.2, 0.25) is 10.0 Å². The Morgan fingerprint density at radius 1 is 1.29 bits per heavy atom. The number of benzene rings is 1. The molecule has 1 aromatic rings. The van der Waals surface area contributed by atoms with Gasteiger partial charge >= 0.3 is 6.09 Å². The highest BCUT2D eigenvalue weighted by molar-refractivity contribution is 7.89. The van der Waals surface area contributed by atoms with Crippen LogP contribution in [-0.2, 0) is 14.8 Å². The Bertz CT molecular complexity index is 636. The smallest absolute Gasteiger partial charge is 0.412 e. The minimum Gasteiger partial charge on any atom is -0.444 e. The van der Waals surface area contributed by atoms with Crippen molar-refractivity contribution in [1.82, 2.24) is 4.31 Å². The molecule has 0 aliphatic carbocycles. The van der Waals surface area contributed by atoms with Gasteiger partial charge in [-0.25, -0.2) is 21.9 Å². The third kappa shape index (κ3) is 4.68. The third-order valence-electron chi connectivity index (χ3n) is 2.35. The topological polar surface area (TPSA) is 75.7 Å². The summed E-state index contributed by atoms with van der Waals surface area (Å²) < 4.78 is 43.6. The number of ether oxygens (including phenoxy) is 1. The van der Waals surface area contributed by atoms with Crippen LogP contribution in [0.25, 0.3) is 0 Å². The van der Waals surface area contributed by atoms with E-state index >= 15 is 0 Å². The average molecular weight is 318 g/mol. The molecule has 1 rings (SSSR count). The average Bonchev–Trinajstić information content (AvgIpc) is 2.29. The second-order valence-corrected chi connectivity index (χ2v) is 7.71. The molecule has 118 valence electrons. The fraction of sp³-hybridized carbons (Fsp3) is 0.462. The quantitative estimate of drug-likeness (QED) is 0.928. The molecule has 1 aromatic carbocycles. The number of sulfonamides is 1. The highest BCUT2D eigenvalue weighted by Gasteiger charge is 2.21. The SMILES string of the molecule is CN(C)S(=O)(=O)c1ccc(F)c(NC(=O)OC(C)(C)C)c1. The summed E-state index contributed by atoms with van der Waals surface area (Å²) in [6, 6.07) is 3.16. The van der Waals surface area contributed by atoms with E-state index in [1.807, 2.05) is 0 Å². The maximum atomic E-state index is 13.7. The standard InChI is InChI=1S/C13H19FN2O4S/c1-13(2,3)20-12(17)15-11-8-9(6-7-10(11)14)21(18,19)16(4)5/h6-8H,1-5H3,(H,15,17). The van der Waals surface area contributed by atoms with Crippen LogP contribution in [0.2, 0.25) is 0 Å². The monoisotopic (exact) mass is 318 g/mol. The number of nitrogens with zero attached hydrogens (tertiary/aromatic N) is 1. The van der Waals surface area contributed by atoms with E-state index in [1.165, 1.54) is 14.1 Å². The number of carbonyl (C=O) groups excluding carboxylic acids is 1. The van der Waals surface area contributed by atoms with E-state index in [9.17, 15) is 17.6 Å². The summed E-state index contributed by atoms with van der Waals surface area (Å²) in [5.41, 5.74) is -0.999. The van der Waals surface area contributed by atoms with Crippen LogP contribution in [0.15, 0.2) is 23.1 Å². The molecule has 21 heavy (non-hydrogen) atoms. The highest BCUT2D eigenvalue weighted by Crippen LogP contribution is 2.22. The predicted molar refractivity (Wildman–Crippen MR) is 77.1 cm³/mol. The van der Waals surface area contributed by atoms with Gasteiger partial charge in [-0.05, 0) is 39.0 Å². The number of nitrogens with one attached hydrogen (secondary N) is 1. The third-order valence-corrected chi connectivity index (χ3v) is 4.16. The number of halogens is 1. The molecule has 0 aliphatic heterocycles. The zero-order valence-electron chi connectivity index (χ0n) is 12.6. The molecule has 0 radical (unpaired) electrons. The Morgan fingerprint density at radius 3 is 2.33 bits per heavy atom. The lowest BCUT2D eigenvalue weighted by Crippen LogP contribution is -2.27. The number of amides is 1. The first kappa shape index (κ1) is 17.4. The number of rotatable bonds is 3. The van der Waals surface area contributed by atoms with Crippen LogP contribution in [0.1, 0.15) is 20.8 Å². The largest absolute Gasteiger partial charge is 0.444 e. The number of hydrogen-bond acceptors (Lipinski definition) is 4. The van der Waals surface area contributed by atoms with Crippen molar-refractivity contribution in [3.63, 3.8) is 0 Å². The van der Waals surface area contributed by atoms with Crippen LogP contribution in [0.5, 0.6) is 0 Å². The molecular weight excluding hydrogens is 299 g/mol. The molecule has 0 heterocycles. The minimum absolute atomic E-state index is 0.125. The van der Waals surface area contributed by atoms with Crippen molar-refractivity contribution in [1.29, 1.82) is 0 Å². The van der Waals surface area contributed by atoms with E-state index in [4.69, 9.17) is 4.74 Å². The zero-order valence-corrected chi connectivity index (χ0v) is 13.4. The summed E-state index contributed by atoms with van der Waals surface area (Å²) in [5, 5.41) is 2.20. The van der Waals surface area contributed by atoms with Gasteiger partial charge in [0, 0.05) is 14.1 Å². The summed E-state index contributed by atoms with van der Waals surface area (Å²) in [6.45, 7) is 4.99. The van der Waals surface area contributed by atoms with Crippen molar-refractivity contribution in [2.75, 3.05) is 19.4 Å². The first-order chi connectivity index (χ1) is 9.43. The second-order valence-electron chi connectivity index (χ2n) is 5.56. The molecule has 1 N–H and O–H groups in total. The minimum atomic E-state index is -3.71. The summed E-state index contributed by atoms with van der Waals surface area (Å²) in [5.74, 6) is -0.751. The van der Waals surface area contributed by atoms with Crippen LogP contribution in [0.4, 0.5) is 14.9 Å². The Balaban J connectivity index is 3.07. The van der Waals surface area contributed by atoms with Gasteiger partial charge in [-0.2, -0.15) is 0 Å². The maximum absolute atomic E-state index is 13.7. The van der Waals surface area contributed by atoms with Gasteiger partial charge in [0.25, 0.3) is 0 Å². The molecule has 8 heteroatoms. The Labute approximate surface area is 123 Å². The van der Waals surface area contributed by atoms with Crippen LogP contribution >= 0.6 is 0 Å². The van der Waals surface area contributed by atoms with Crippen molar-refractivity contribution in [2.45, 2.75) is 31.3 Å². The lowest BCUT2D eigenvalue weighted by molar-refractivity contribution is 0.0635. The van der Waals surface area contributed by atoms with Gasteiger partial charge in [-0.3, -0.25) is 5.32 Å². The fourth-order valence-corrected chi connectivity index (χ4v) is 2.31. The van der Waals surface area contributed by atoms with Crippen LogP contribution in [-0.4, -0.2) is 38.5 Å². The Hall–Kier alpha value is -1.67. The molecule has 0 saturated heterocycles. The molecule has 0 bridgehead atoms. The van der Waals surface area contributed by atoms with Crippen molar-refractivity contribution >= 4 is 21.8 Å². The normalized spacial score (nSPS) is 12.3. The predicted octanol–water partition coefficient (Wildman–Crippen LogP) is 2.42. The molecule has 0 atom stereocenters. The van der Waals surface area contributed by atoms with Gasteiger partial charge in [-0.1, -0.05) is 0 Å². The molecule has 0 aromatic heterocycles. The lowest BCUT2D eigenvalue weighted by atomic mass is 10.2. The number of anilines is 1. The van der Waals surface area contributed by atoms with Crippen molar-refractivity contribution in [3.05, 3.63) is 24.0 Å². The number of hydrogen-bond donors (Lipinski definition) is 1. The van der Waals surface area contributed by atoms with Gasteiger partial charge < -0.3 is 4.74 Å². The summed E-state index contributed by atoms with van der Waals surface area (Å²) >= 11 is 0. The van der Waals surface area contributed by atoms with Gasteiger partial charge in [0.05, 0.1) is 10.6 Å². The second kappa shape index (κ2) is 5.98. The lowest BCUT2D eigenvalue weighted by Gasteiger charge is -2.20. The van der Waals surface area contributed by atoms with Crippen LogP contribution in [0.3, 0.4) is 0 Å². The van der Waals surface area contributed by atoms with Gasteiger partial charge in [0.1, 0.15) is 11.4 Å². The molecule has 0 aliphatic rings. The van der Waals surface area contributed by atoms with Crippen molar-refractivity contribution in [3.8, 4) is 0 Å². The summed E-state index contributed by atoms with van der Waals surface area (Å²) in [6.07, 6.45) is -0.860. The van der Waals surface area contributed by atoms with Crippen molar-refractivity contribution in [2.24, 2.45) is 0 Å². The van der Waals surface area contributed by atoms with E-state index in [2.05, 4.69) is 5.32 Å². The van der Waals surface area contributed by atoms with E-state index in [-0.39, 0.29) is 10.6 Å². The molecule has 0 saturated carbocycles. The first-order valence-electron chi connectivity index (χ1n) is 6.15. The van der Waals surface area contributed by atoms with Gasteiger partial charge in [0.15, 0.2) is 0 Å². The maximum Gasteiger partial charge on any atom is 0.412 e. The summed E-state index contributed by atoms with van der Waals surface area (Å²) in [7, 11) is -0.991. The van der Waals surface area contributed by atoms with Crippen molar-refractivity contribution < 1.29 is 22.3 Å². The van der Waals surface area contributed by atoms with E-state index in [0.29, 0.717) is 0 Å². The van der Waals surface area contributed by atoms with Crippen LogP contribution < -0.4 is 5.32 Å². The van der Waals surface area contributed by atoms with E-state index in [1.54, 1.807) is 20.8 Å². The molecule has 0 fully saturated rings. The van der Waals surface area contributed by atoms with E-state index < -0.39 is 27.5 Å². The molecular formula is C13H19FN2O4S. The Kier molecular flexibility index (Phi) is 4.95. The Morgan fingerprint density at radius 2 is 1.86 bits per heavy atom. The first-order valence-corrected chi connectivity index (χ1v) is 7.59. The molecule has 0 spiro atoms. The molecule has 6 nitrogen and oxygen atoms in total. The number of carbonyl (C=O) groups is 1. The molecule has 1 amide bonds. The molecule has 0 unspecified atom stereocenters. The van der Waals surface area contributed by atoms with E-state index in [0.717, 1.165) is 22.5 Å². The summed E-state index contributed by atoms with van der Waals surface area (Å²) in [4.78, 5) is 11.5. The zero-order chi connectivity index (χ0) is 16.4. The fourth-order valence-electron chi connectivity index (χ4n) is 1.39.